The van der Waals surface area contributed by atoms with E-state index in [1.54, 1.807) is 6.07 Å². The van der Waals surface area contributed by atoms with Gasteiger partial charge in [0.1, 0.15) is 0 Å². The largest absolute Gasteiger partial charge is 0.476 e. The minimum atomic E-state index is -0.970. The Labute approximate surface area is 118 Å². The van der Waals surface area contributed by atoms with Gasteiger partial charge in [0.05, 0.1) is 5.69 Å². The second-order valence-corrected chi connectivity index (χ2v) is 7.03. The van der Waals surface area contributed by atoms with E-state index in [2.05, 4.69) is 10.2 Å². The van der Waals surface area contributed by atoms with Gasteiger partial charge in [-0.3, -0.25) is 0 Å². The van der Waals surface area contributed by atoms with E-state index in [1.807, 2.05) is 6.92 Å². The molecular formula is C16H20N2O2. The predicted octanol–water partition coefficient (Wildman–Crippen LogP) is 3.02. The summed E-state index contributed by atoms with van der Waals surface area (Å²) >= 11 is 0. The molecule has 5 rings (SSSR count). The molecule has 4 aliphatic carbocycles. The number of hydrogen-bond donors (Lipinski definition) is 1. The molecule has 4 bridgehead atoms. The van der Waals surface area contributed by atoms with Crippen LogP contribution in [0, 0.1) is 30.6 Å². The zero-order valence-corrected chi connectivity index (χ0v) is 11.7. The Morgan fingerprint density at radius 3 is 2.25 bits per heavy atom. The molecule has 4 heteroatoms. The minimum Gasteiger partial charge on any atom is -0.476 e. The van der Waals surface area contributed by atoms with Gasteiger partial charge in [0.2, 0.25) is 0 Å². The topological polar surface area (TPSA) is 63.1 Å². The van der Waals surface area contributed by atoms with Gasteiger partial charge in [-0.15, -0.1) is 5.10 Å². The molecule has 4 saturated carbocycles. The van der Waals surface area contributed by atoms with Crippen molar-refractivity contribution < 1.29 is 9.90 Å². The van der Waals surface area contributed by atoms with E-state index in [0.29, 0.717) is 5.92 Å². The highest BCUT2D eigenvalue weighted by Crippen LogP contribution is 2.59. The van der Waals surface area contributed by atoms with Gasteiger partial charge in [0, 0.05) is 0 Å². The number of rotatable bonds is 2. The normalized spacial score (nSPS) is 38.1. The molecule has 1 aromatic heterocycles. The van der Waals surface area contributed by atoms with Crippen LogP contribution in [0.3, 0.4) is 0 Å². The molecule has 0 amide bonds. The van der Waals surface area contributed by atoms with E-state index < -0.39 is 5.97 Å². The molecule has 4 nitrogen and oxygen atoms in total. The van der Waals surface area contributed by atoms with Gasteiger partial charge in [-0.2, -0.15) is 5.10 Å². The molecule has 4 fully saturated rings. The second-order valence-electron chi connectivity index (χ2n) is 7.03. The first-order valence-corrected chi connectivity index (χ1v) is 7.69. The van der Waals surface area contributed by atoms with Crippen LogP contribution in [0.4, 0.5) is 0 Å². The third kappa shape index (κ3) is 1.77. The van der Waals surface area contributed by atoms with Crippen molar-refractivity contribution in [2.24, 2.45) is 23.7 Å². The average Bonchev–Trinajstić information content (AvgIpc) is 2.39. The highest BCUT2D eigenvalue weighted by atomic mass is 16.4. The lowest BCUT2D eigenvalue weighted by Crippen LogP contribution is -2.44. The Morgan fingerprint density at radius 1 is 1.10 bits per heavy atom. The van der Waals surface area contributed by atoms with E-state index in [1.165, 1.54) is 32.1 Å². The highest BCUT2D eigenvalue weighted by molar-refractivity contribution is 5.85. The molecule has 0 atom stereocenters. The Bertz CT molecular complexity index is 542. The fourth-order valence-corrected chi connectivity index (χ4v) is 5.34. The van der Waals surface area contributed by atoms with Crippen molar-refractivity contribution in [3.63, 3.8) is 0 Å². The lowest BCUT2D eigenvalue weighted by molar-refractivity contribution is -0.00321. The van der Waals surface area contributed by atoms with E-state index in [-0.39, 0.29) is 5.69 Å². The van der Waals surface area contributed by atoms with Crippen molar-refractivity contribution in [1.29, 1.82) is 0 Å². The third-order valence-electron chi connectivity index (χ3n) is 5.82. The monoisotopic (exact) mass is 272 g/mol. The quantitative estimate of drug-likeness (QED) is 0.898. The van der Waals surface area contributed by atoms with Crippen LogP contribution in [-0.4, -0.2) is 21.3 Å². The molecule has 4 aliphatic rings. The van der Waals surface area contributed by atoms with Crippen LogP contribution in [0.2, 0.25) is 0 Å². The van der Waals surface area contributed by atoms with E-state index in [4.69, 9.17) is 5.11 Å². The summed E-state index contributed by atoms with van der Waals surface area (Å²) in [7, 11) is 0. The Morgan fingerprint density at radius 2 is 1.70 bits per heavy atom. The first-order chi connectivity index (χ1) is 9.61. The maximum Gasteiger partial charge on any atom is 0.356 e. The number of aryl methyl sites for hydroxylation is 1. The first-order valence-electron chi connectivity index (χ1n) is 7.69. The van der Waals surface area contributed by atoms with Crippen LogP contribution in [-0.2, 0) is 0 Å². The first kappa shape index (κ1) is 12.3. The van der Waals surface area contributed by atoms with Gasteiger partial charge in [-0.1, -0.05) is 0 Å². The number of hydrogen-bond acceptors (Lipinski definition) is 3. The van der Waals surface area contributed by atoms with Crippen LogP contribution < -0.4 is 0 Å². The summed E-state index contributed by atoms with van der Waals surface area (Å²) in [6.45, 7) is 1.97. The fraction of sp³-hybridized carbons (Fsp3) is 0.688. The summed E-state index contributed by atoms with van der Waals surface area (Å²) in [4.78, 5) is 11.2. The molecule has 0 aromatic carbocycles. The van der Waals surface area contributed by atoms with Gasteiger partial charge in [-0.05, 0) is 80.2 Å². The van der Waals surface area contributed by atoms with Crippen LogP contribution in [0.15, 0.2) is 6.07 Å². The van der Waals surface area contributed by atoms with Crippen LogP contribution in [0.25, 0.3) is 0 Å². The van der Waals surface area contributed by atoms with Gasteiger partial charge in [0.25, 0.3) is 0 Å². The number of aromatic nitrogens is 2. The van der Waals surface area contributed by atoms with Gasteiger partial charge >= 0.3 is 5.97 Å². The third-order valence-corrected chi connectivity index (χ3v) is 5.82. The van der Waals surface area contributed by atoms with E-state index in [0.717, 1.165) is 34.9 Å². The van der Waals surface area contributed by atoms with Crippen LogP contribution in [0.5, 0.6) is 0 Å². The summed E-state index contributed by atoms with van der Waals surface area (Å²) in [6.07, 6.45) is 6.78. The highest BCUT2D eigenvalue weighted by Gasteiger charge is 2.49. The molecule has 1 aromatic rings. The van der Waals surface area contributed by atoms with E-state index >= 15 is 0 Å². The van der Waals surface area contributed by atoms with Crippen molar-refractivity contribution in [3.8, 4) is 0 Å². The van der Waals surface area contributed by atoms with E-state index in [9.17, 15) is 4.79 Å². The van der Waals surface area contributed by atoms with Crippen LogP contribution >= 0.6 is 0 Å². The number of carboxylic acids is 1. The molecule has 1 heterocycles. The van der Waals surface area contributed by atoms with Gasteiger partial charge < -0.3 is 5.11 Å². The molecule has 1 N–H and O–H groups in total. The minimum absolute atomic E-state index is 0.0967. The van der Waals surface area contributed by atoms with Gasteiger partial charge in [0.15, 0.2) is 5.69 Å². The smallest absolute Gasteiger partial charge is 0.356 e. The summed E-state index contributed by atoms with van der Waals surface area (Å²) < 4.78 is 0. The Balaban J connectivity index is 1.74. The molecule has 20 heavy (non-hydrogen) atoms. The zero-order chi connectivity index (χ0) is 13.9. The number of nitrogens with zero attached hydrogens (tertiary/aromatic N) is 2. The summed E-state index contributed by atoms with van der Waals surface area (Å²) in [5.74, 6) is 2.91. The molecule has 0 unspecified atom stereocenters. The standard InChI is InChI=1S/C16H20N2O2/c1-8-13(7-14(16(19)20)18-17-8)15-11-3-9-2-10(5-11)6-12(15)4-9/h7,9-12,15H,2-6H2,1H3,(H,19,20). The van der Waals surface area contributed by atoms with Gasteiger partial charge in [-0.25, -0.2) is 4.79 Å². The summed E-state index contributed by atoms with van der Waals surface area (Å²) in [5.41, 5.74) is 2.18. The Kier molecular flexibility index (Phi) is 2.63. The van der Waals surface area contributed by atoms with Crippen molar-refractivity contribution in [3.05, 3.63) is 23.0 Å². The second kappa shape index (κ2) is 4.27. The van der Waals surface area contributed by atoms with Crippen molar-refractivity contribution in [1.82, 2.24) is 10.2 Å². The molecule has 0 radical (unpaired) electrons. The lowest BCUT2D eigenvalue weighted by atomic mass is 9.50. The predicted molar refractivity (Wildman–Crippen MR) is 73.5 cm³/mol. The molecule has 0 spiro atoms. The Hall–Kier alpha value is -1.45. The molecular weight excluding hydrogens is 252 g/mol. The fourth-order valence-electron chi connectivity index (χ4n) is 5.34. The number of carboxylic acid groups (broad SMARTS) is 1. The SMILES string of the molecule is Cc1nnc(C(=O)O)cc1C1C2CC3CC(C2)CC1C3. The molecule has 106 valence electrons. The van der Waals surface area contributed by atoms with Crippen molar-refractivity contribution in [2.45, 2.75) is 44.9 Å². The van der Waals surface area contributed by atoms with Crippen molar-refractivity contribution >= 4 is 5.97 Å². The molecule has 0 saturated heterocycles. The number of carbonyl (C=O) groups is 1. The maximum atomic E-state index is 11.2. The molecule has 0 aliphatic heterocycles. The lowest BCUT2D eigenvalue weighted by Gasteiger charge is -2.54. The van der Waals surface area contributed by atoms with Crippen molar-refractivity contribution in [2.75, 3.05) is 0 Å². The number of aromatic carboxylic acids is 1. The maximum absolute atomic E-state index is 11.2. The van der Waals surface area contributed by atoms with Crippen LogP contribution in [0.1, 0.15) is 59.8 Å². The zero-order valence-electron chi connectivity index (χ0n) is 11.7. The average molecular weight is 272 g/mol. The summed E-state index contributed by atoms with van der Waals surface area (Å²) in [6, 6.07) is 1.79. The summed E-state index contributed by atoms with van der Waals surface area (Å²) in [5, 5.41) is 17.1.